The lowest BCUT2D eigenvalue weighted by molar-refractivity contribution is 0.0508. The van der Waals surface area contributed by atoms with Crippen molar-refractivity contribution in [1.82, 2.24) is 14.8 Å². The lowest BCUT2D eigenvalue weighted by Gasteiger charge is -2.22. The van der Waals surface area contributed by atoms with Crippen molar-refractivity contribution in [3.05, 3.63) is 58.4 Å². The quantitative estimate of drug-likeness (QED) is 0.404. The lowest BCUT2D eigenvalue weighted by atomic mass is 9.89. The molecule has 5 rings (SSSR count). The van der Waals surface area contributed by atoms with Crippen molar-refractivity contribution in [2.45, 2.75) is 52.0 Å². The first-order chi connectivity index (χ1) is 16.6. The molecule has 3 heterocycles. The molecule has 0 atom stereocenters. The van der Waals surface area contributed by atoms with Crippen LogP contribution in [0, 0.1) is 5.92 Å². The molecule has 2 aliphatic rings. The second-order valence-corrected chi connectivity index (χ2v) is 9.18. The molecule has 0 radical (unpaired) electrons. The zero-order chi connectivity index (χ0) is 23.5. The molecule has 0 N–H and O–H groups in total. The summed E-state index contributed by atoms with van der Waals surface area (Å²) in [5.74, 6) is 1.38. The number of carbonyl (C=O) groups is 1. The van der Waals surface area contributed by atoms with E-state index in [9.17, 15) is 4.79 Å². The molecule has 0 amide bonds. The van der Waals surface area contributed by atoms with E-state index in [0.29, 0.717) is 52.5 Å². The number of ether oxygens (including phenoxy) is 3. The summed E-state index contributed by atoms with van der Waals surface area (Å²) in [7, 11) is 0. The number of halogens is 1. The average molecular weight is 482 g/mol. The minimum Gasteiger partial charge on any atom is -0.461 e. The zero-order valence-electron chi connectivity index (χ0n) is 19.3. The third kappa shape index (κ3) is 4.62. The van der Waals surface area contributed by atoms with Crippen molar-refractivity contribution in [3.63, 3.8) is 0 Å². The molecule has 178 valence electrons. The Kier molecular flexibility index (Phi) is 6.72. The molecular formula is C26H28ClN3O4. The first-order valence-electron chi connectivity index (χ1n) is 11.9. The molecule has 3 aromatic rings. The van der Waals surface area contributed by atoms with Gasteiger partial charge in [0.15, 0.2) is 17.2 Å². The fourth-order valence-corrected chi connectivity index (χ4v) is 5.06. The van der Waals surface area contributed by atoms with Crippen LogP contribution in [0.1, 0.15) is 60.6 Å². The summed E-state index contributed by atoms with van der Waals surface area (Å²) in [4.78, 5) is 17.8. The van der Waals surface area contributed by atoms with E-state index in [0.717, 1.165) is 24.0 Å². The van der Waals surface area contributed by atoms with Crippen LogP contribution in [-0.2, 0) is 17.7 Å². The number of pyridine rings is 1. The van der Waals surface area contributed by atoms with E-state index in [1.165, 1.54) is 19.3 Å². The standard InChI is InChI=1S/C26H28ClN3O4/c1-2-32-26(31)25-19(12-18-13-22-23(14-20(18)27)34-16-33-22)24(21-10-6-7-11-28-21)29-30(25)15-17-8-4-3-5-9-17/h6-7,10-11,13-14,17H,2-5,8-9,12,15-16H2,1H3. The average Bonchev–Trinajstić information content (AvgIpc) is 3.45. The van der Waals surface area contributed by atoms with Crippen LogP contribution in [-0.4, -0.2) is 34.1 Å². The van der Waals surface area contributed by atoms with Gasteiger partial charge in [0.25, 0.3) is 0 Å². The number of aromatic nitrogens is 3. The number of rotatable bonds is 7. The van der Waals surface area contributed by atoms with Crippen LogP contribution in [0.3, 0.4) is 0 Å². The Labute approximate surface area is 204 Å². The molecular weight excluding hydrogens is 454 g/mol. The fraction of sp³-hybridized carbons (Fsp3) is 0.423. The van der Waals surface area contributed by atoms with E-state index in [2.05, 4.69) is 4.98 Å². The minimum absolute atomic E-state index is 0.168. The maximum atomic E-state index is 13.3. The van der Waals surface area contributed by atoms with Crippen molar-refractivity contribution in [2.75, 3.05) is 13.4 Å². The highest BCUT2D eigenvalue weighted by atomic mass is 35.5. The monoisotopic (exact) mass is 481 g/mol. The largest absolute Gasteiger partial charge is 0.461 e. The van der Waals surface area contributed by atoms with E-state index in [1.807, 2.05) is 35.9 Å². The number of nitrogens with zero attached hydrogens (tertiary/aromatic N) is 3. The van der Waals surface area contributed by atoms with Crippen molar-refractivity contribution in [1.29, 1.82) is 0 Å². The van der Waals surface area contributed by atoms with Crippen molar-refractivity contribution >= 4 is 17.6 Å². The van der Waals surface area contributed by atoms with Crippen LogP contribution in [0.15, 0.2) is 36.5 Å². The minimum atomic E-state index is -0.375. The summed E-state index contributed by atoms with van der Waals surface area (Å²) in [5.41, 5.74) is 3.44. The molecule has 1 fully saturated rings. The molecule has 1 aliphatic heterocycles. The third-order valence-corrected chi connectivity index (χ3v) is 6.84. The number of hydrogen-bond donors (Lipinski definition) is 0. The van der Waals surface area contributed by atoms with Gasteiger partial charge in [0.2, 0.25) is 6.79 Å². The van der Waals surface area contributed by atoms with Crippen molar-refractivity contribution < 1.29 is 19.0 Å². The molecule has 0 unspecified atom stereocenters. The van der Waals surface area contributed by atoms with Gasteiger partial charge < -0.3 is 14.2 Å². The number of fused-ring (bicyclic) bond motifs is 1. The summed E-state index contributed by atoms with van der Waals surface area (Å²) in [6.07, 6.45) is 8.11. The molecule has 0 bridgehead atoms. The van der Waals surface area contributed by atoms with Crippen LogP contribution in [0.5, 0.6) is 11.5 Å². The second kappa shape index (κ2) is 10.1. The van der Waals surface area contributed by atoms with Gasteiger partial charge >= 0.3 is 5.97 Å². The molecule has 0 saturated heterocycles. The molecule has 2 aromatic heterocycles. The topological polar surface area (TPSA) is 75.5 Å². The first-order valence-corrected chi connectivity index (χ1v) is 12.3. The Hall–Kier alpha value is -3.06. The zero-order valence-corrected chi connectivity index (χ0v) is 20.0. The highest BCUT2D eigenvalue weighted by Gasteiger charge is 2.29. The smallest absolute Gasteiger partial charge is 0.356 e. The Balaban J connectivity index is 1.62. The van der Waals surface area contributed by atoms with E-state index in [1.54, 1.807) is 12.3 Å². The lowest BCUT2D eigenvalue weighted by Crippen LogP contribution is -2.20. The molecule has 34 heavy (non-hydrogen) atoms. The van der Waals surface area contributed by atoms with Gasteiger partial charge in [-0.05, 0) is 49.4 Å². The van der Waals surface area contributed by atoms with Crippen LogP contribution >= 0.6 is 11.6 Å². The normalized spacial score (nSPS) is 15.5. The third-order valence-electron chi connectivity index (χ3n) is 6.49. The predicted molar refractivity (Wildman–Crippen MR) is 128 cm³/mol. The van der Waals surface area contributed by atoms with Gasteiger partial charge in [-0.1, -0.05) is 36.9 Å². The molecule has 8 heteroatoms. The van der Waals surface area contributed by atoms with Gasteiger partial charge in [-0.3, -0.25) is 9.67 Å². The van der Waals surface area contributed by atoms with Gasteiger partial charge in [-0.15, -0.1) is 0 Å². The van der Waals surface area contributed by atoms with Crippen molar-refractivity contribution in [3.8, 4) is 22.9 Å². The molecule has 0 spiro atoms. The molecule has 1 saturated carbocycles. The number of carbonyl (C=O) groups excluding carboxylic acids is 1. The molecule has 1 aromatic carbocycles. The maximum Gasteiger partial charge on any atom is 0.356 e. The van der Waals surface area contributed by atoms with E-state index in [4.69, 9.17) is 30.9 Å². The van der Waals surface area contributed by atoms with Crippen LogP contribution in [0.25, 0.3) is 11.4 Å². The first kappa shape index (κ1) is 22.7. The van der Waals surface area contributed by atoms with E-state index >= 15 is 0 Å². The Bertz CT molecular complexity index is 1170. The summed E-state index contributed by atoms with van der Waals surface area (Å²) in [5, 5.41) is 5.48. The van der Waals surface area contributed by atoms with Crippen LogP contribution < -0.4 is 9.47 Å². The van der Waals surface area contributed by atoms with Gasteiger partial charge in [0, 0.05) is 35.8 Å². The second-order valence-electron chi connectivity index (χ2n) is 8.77. The van der Waals surface area contributed by atoms with Gasteiger partial charge in [0.1, 0.15) is 5.69 Å². The fourth-order valence-electron chi connectivity index (χ4n) is 4.83. The molecule has 1 aliphatic carbocycles. The van der Waals surface area contributed by atoms with Gasteiger partial charge in [-0.2, -0.15) is 5.10 Å². The SMILES string of the molecule is CCOC(=O)c1c(Cc2cc3c(cc2Cl)OCO3)c(-c2ccccn2)nn1CC1CCCCC1. The van der Waals surface area contributed by atoms with E-state index in [-0.39, 0.29) is 19.4 Å². The maximum absolute atomic E-state index is 13.3. The predicted octanol–water partition coefficient (Wildman–Crippen LogP) is 5.68. The Morgan fingerprint density at radius 3 is 2.71 bits per heavy atom. The summed E-state index contributed by atoms with van der Waals surface area (Å²) in [6, 6.07) is 9.33. The van der Waals surface area contributed by atoms with Gasteiger partial charge in [-0.25, -0.2) is 4.79 Å². The van der Waals surface area contributed by atoms with E-state index < -0.39 is 0 Å². The summed E-state index contributed by atoms with van der Waals surface area (Å²) >= 11 is 6.62. The van der Waals surface area contributed by atoms with Gasteiger partial charge in [0.05, 0.1) is 12.3 Å². The highest BCUT2D eigenvalue weighted by Crippen LogP contribution is 2.39. The Morgan fingerprint density at radius 1 is 1.18 bits per heavy atom. The van der Waals surface area contributed by atoms with Crippen LogP contribution in [0.2, 0.25) is 5.02 Å². The summed E-state index contributed by atoms with van der Waals surface area (Å²) in [6.45, 7) is 2.95. The van der Waals surface area contributed by atoms with Crippen LogP contribution in [0.4, 0.5) is 0 Å². The number of hydrogen-bond acceptors (Lipinski definition) is 6. The number of benzene rings is 1. The van der Waals surface area contributed by atoms with Crippen molar-refractivity contribution in [2.24, 2.45) is 5.92 Å². The molecule has 7 nitrogen and oxygen atoms in total. The highest BCUT2D eigenvalue weighted by molar-refractivity contribution is 6.31. The number of esters is 1. The Morgan fingerprint density at radius 2 is 1.97 bits per heavy atom. The summed E-state index contributed by atoms with van der Waals surface area (Å²) < 4.78 is 18.3.